The normalized spacial score (nSPS) is 16.3. The fourth-order valence-electron chi connectivity index (χ4n) is 3.97. The summed E-state index contributed by atoms with van der Waals surface area (Å²) in [6.07, 6.45) is 4.24. The van der Waals surface area contributed by atoms with E-state index in [0.29, 0.717) is 5.82 Å². The van der Waals surface area contributed by atoms with E-state index in [-0.39, 0.29) is 5.41 Å². The maximum atomic E-state index is 6.15. The van der Waals surface area contributed by atoms with E-state index in [2.05, 4.69) is 55.2 Å². The van der Waals surface area contributed by atoms with Crippen LogP contribution in [0.4, 0.5) is 5.82 Å². The van der Waals surface area contributed by atoms with Crippen LogP contribution in [0.5, 0.6) is 0 Å². The van der Waals surface area contributed by atoms with Gasteiger partial charge in [0.05, 0.1) is 11.1 Å². The van der Waals surface area contributed by atoms with E-state index in [1.807, 2.05) is 0 Å². The zero-order valence-electron chi connectivity index (χ0n) is 14.6. The van der Waals surface area contributed by atoms with Crippen molar-refractivity contribution in [2.75, 3.05) is 5.73 Å². The van der Waals surface area contributed by atoms with Crippen molar-refractivity contribution in [1.29, 1.82) is 0 Å². The molecule has 3 N–H and O–H groups in total. The second-order valence-electron chi connectivity index (χ2n) is 7.60. The lowest BCUT2D eigenvalue weighted by Crippen LogP contribution is -2.23. The molecule has 4 nitrogen and oxygen atoms in total. The van der Waals surface area contributed by atoms with Crippen LogP contribution in [0.1, 0.15) is 43.9 Å². The molecule has 1 aliphatic carbocycles. The zero-order valence-corrected chi connectivity index (χ0v) is 14.6. The molecule has 1 aromatic carbocycles. The molecule has 4 rings (SSSR count). The van der Waals surface area contributed by atoms with Crippen molar-refractivity contribution in [2.24, 2.45) is 5.41 Å². The van der Waals surface area contributed by atoms with Crippen molar-refractivity contribution in [2.45, 2.75) is 46.5 Å². The summed E-state index contributed by atoms with van der Waals surface area (Å²) in [7, 11) is 0. The van der Waals surface area contributed by atoms with Gasteiger partial charge in [-0.25, -0.2) is 4.98 Å². The van der Waals surface area contributed by atoms with Gasteiger partial charge in [0.1, 0.15) is 0 Å². The number of hydrogen-bond donors (Lipinski definition) is 2. The third kappa shape index (κ3) is 2.29. The molecule has 0 saturated heterocycles. The van der Waals surface area contributed by atoms with Crippen LogP contribution in [0.15, 0.2) is 24.3 Å². The van der Waals surface area contributed by atoms with Crippen molar-refractivity contribution in [3.05, 3.63) is 41.0 Å². The van der Waals surface area contributed by atoms with Gasteiger partial charge in [-0.2, -0.15) is 5.10 Å². The number of anilines is 1. The summed E-state index contributed by atoms with van der Waals surface area (Å²) in [5.74, 6) is 0.571. The summed E-state index contributed by atoms with van der Waals surface area (Å²) in [4.78, 5) is 4.94. The zero-order chi connectivity index (χ0) is 16.9. The molecule has 0 saturated carbocycles. The van der Waals surface area contributed by atoms with Crippen molar-refractivity contribution in [3.8, 4) is 11.3 Å². The van der Waals surface area contributed by atoms with Crippen LogP contribution in [0.3, 0.4) is 0 Å². The average Bonchev–Trinajstić information content (AvgIpc) is 2.94. The quantitative estimate of drug-likeness (QED) is 0.740. The number of aryl methyl sites for hydroxylation is 1. The smallest absolute Gasteiger partial charge is 0.158 e. The number of nitrogens with two attached hydrogens (primary N) is 1. The third-order valence-electron chi connectivity index (χ3n) is 5.31. The lowest BCUT2D eigenvalue weighted by atomic mass is 9.72. The van der Waals surface area contributed by atoms with Gasteiger partial charge in [0.25, 0.3) is 0 Å². The van der Waals surface area contributed by atoms with Gasteiger partial charge in [-0.1, -0.05) is 45.0 Å². The van der Waals surface area contributed by atoms with Crippen molar-refractivity contribution < 1.29 is 0 Å². The molecule has 0 aliphatic heterocycles. The topological polar surface area (TPSA) is 67.6 Å². The summed E-state index contributed by atoms with van der Waals surface area (Å²) in [6.45, 7) is 6.86. The Morgan fingerprint density at radius 1 is 1.21 bits per heavy atom. The summed E-state index contributed by atoms with van der Waals surface area (Å²) < 4.78 is 0. The Kier molecular flexibility index (Phi) is 3.37. The van der Waals surface area contributed by atoms with Crippen LogP contribution in [0.2, 0.25) is 0 Å². The molecule has 1 aliphatic rings. The largest absolute Gasteiger partial charge is 0.382 e. The number of nitrogens with zero attached hydrogens (tertiary/aromatic N) is 2. The summed E-state index contributed by atoms with van der Waals surface area (Å²) in [6, 6.07) is 8.58. The van der Waals surface area contributed by atoms with E-state index in [1.54, 1.807) is 0 Å². The van der Waals surface area contributed by atoms with Gasteiger partial charge >= 0.3 is 0 Å². The van der Waals surface area contributed by atoms with Gasteiger partial charge in [-0.15, -0.1) is 0 Å². The van der Waals surface area contributed by atoms with Crippen molar-refractivity contribution in [3.63, 3.8) is 0 Å². The molecule has 0 bridgehead atoms. The van der Waals surface area contributed by atoms with E-state index in [0.717, 1.165) is 36.0 Å². The van der Waals surface area contributed by atoms with Gasteiger partial charge in [0.2, 0.25) is 0 Å². The molecular weight excluding hydrogens is 296 g/mol. The first-order chi connectivity index (χ1) is 11.5. The predicted octanol–water partition coefficient (Wildman–Crippen LogP) is 4.28. The molecule has 0 spiro atoms. The molecule has 0 radical (unpaired) electrons. The molecule has 3 aromatic rings. The van der Waals surface area contributed by atoms with Crippen LogP contribution in [-0.2, 0) is 19.3 Å². The number of nitrogens with one attached hydrogen (secondary N) is 1. The van der Waals surface area contributed by atoms with Crippen molar-refractivity contribution >= 4 is 16.9 Å². The molecule has 0 fully saturated rings. The number of pyridine rings is 1. The maximum absolute atomic E-state index is 6.15. The van der Waals surface area contributed by atoms with Gasteiger partial charge in [0.15, 0.2) is 11.5 Å². The minimum absolute atomic E-state index is 0.284. The monoisotopic (exact) mass is 320 g/mol. The van der Waals surface area contributed by atoms with E-state index >= 15 is 0 Å². The van der Waals surface area contributed by atoms with Crippen LogP contribution < -0.4 is 5.73 Å². The molecule has 0 atom stereocenters. The van der Waals surface area contributed by atoms with E-state index in [1.165, 1.54) is 28.7 Å². The molecular formula is C20H24N4. The Labute approximate surface area is 142 Å². The molecule has 2 aromatic heterocycles. The Morgan fingerprint density at radius 3 is 2.79 bits per heavy atom. The van der Waals surface area contributed by atoms with Gasteiger partial charge in [-0.05, 0) is 47.8 Å². The maximum Gasteiger partial charge on any atom is 0.158 e. The lowest BCUT2D eigenvalue weighted by Gasteiger charge is -2.32. The second kappa shape index (κ2) is 5.33. The summed E-state index contributed by atoms with van der Waals surface area (Å²) >= 11 is 0. The first kappa shape index (κ1) is 15.2. The standard InChI is InChI=1S/C20H24N4/c1-4-12-7-5-6-8-13(12)17-14-9-10-20(2,3)11-15(14)16-18(21)23-24-19(16)22-17/h5-8H,4,9-11H2,1-3H3,(H3,21,22,23,24). The van der Waals surface area contributed by atoms with Gasteiger partial charge in [-0.3, -0.25) is 5.10 Å². The highest BCUT2D eigenvalue weighted by Crippen LogP contribution is 2.42. The summed E-state index contributed by atoms with van der Waals surface area (Å²) in [5.41, 5.74) is 13.6. The number of benzene rings is 1. The predicted molar refractivity (Wildman–Crippen MR) is 98.9 cm³/mol. The third-order valence-corrected chi connectivity index (χ3v) is 5.31. The second-order valence-corrected chi connectivity index (χ2v) is 7.60. The number of rotatable bonds is 2. The number of hydrogen-bond acceptors (Lipinski definition) is 3. The van der Waals surface area contributed by atoms with Crippen LogP contribution in [-0.4, -0.2) is 15.2 Å². The molecule has 124 valence electrons. The number of aromatic nitrogens is 3. The Balaban J connectivity index is 2.04. The Morgan fingerprint density at radius 2 is 2.00 bits per heavy atom. The van der Waals surface area contributed by atoms with E-state index in [9.17, 15) is 0 Å². The SMILES string of the molecule is CCc1ccccc1-c1nc2[nH]nc(N)c2c2c1CCC(C)(C)C2. The first-order valence-electron chi connectivity index (χ1n) is 8.74. The molecule has 2 heterocycles. The van der Waals surface area contributed by atoms with Gasteiger partial charge < -0.3 is 5.73 Å². The van der Waals surface area contributed by atoms with Crippen LogP contribution >= 0.6 is 0 Å². The fourth-order valence-corrected chi connectivity index (χ4v) is 3.97. The minimum atomic E-state index is 0.284. The highest BCUT2D eigenvalue weighted by atomic mass is 15.2. The molecule has 24 heavy (non-hydrogen) atoms. The highest BCUT2D eigenvalue weighted by molar-refractivity contribution is 5.93. The van der Waals surface area contributed by atoms with Crippen molar-refractivity contribution in [1.82, 2.24) is 15.2 Å². The van der Waals surface area contributed by atoms with Gasteiger partial charge in [0, 0.05) is 5.56 Å². The van der Waals surface area contributed by atoms with Crippen LogP contribution in [0, 0.1) is 5.41 Å². The fraction of sp³-hybridized carbons (Fsp3) is 0.400. The Bertz CT molecular complexity index is 921. The number of aromatic amines is 1. The molecule has 4 heteroatoms. The minimum Gasteiger partial charge on any atom is -0.382 e. The van der Waals surface area contributed by atoms with Crippen LogP contribution in [0.25, 0.3) is 22.3 Å². The number of nitrogen functional groups attached to an aromatic ring is 1. The Hall–Kier alpha value is -2.36. The molecule has 0 unspecified atom stereocenters. The van der Waals surface area contributed by atoms with E-state index in [4.69, 9.17) is 10.7 Å². The average molecular weight is 320 g/mol. The lowest BCUT2D eigenvalue weighted by molar-refractivity contribution is 0.317. The number of fused-ring (bicyclic) bond motifs is 3. The van der Waals surface area contributed by atoms with E-state index < -0.39 is 0 Å². The number of H-pyrrole nitrogens is 1. The summed E-state index contributed by atoms with van der Waals surface area (Å²) in [5, 5.41) is 8.27. The molecule has 0 amide bonds. The highest BCUT2D eigenvalue weighted by Gasteiger charge is 2.31. The first-order valence-corrected chi connectivity index (χ1v) is 8.74.